The quantitative estimate of drug-likeness (QED) is 0.856. The lowest BCUT2D eigenvalue weighted by molar-refractivity contribution is 0.371. The molecule has 1 aromatic carbocycles. The summed E-state index contributed by atoms with van der Waals surface area (Å²) in [5.74, 6) is 2.51. The highest BCUT2D eigenvalue weighted by Crippen LogP contribution is 2.41. The van der Waals surface area contributed by atoms with Gasteiger partial charge >= 0.3 is 0 Å². The lowest BCUT2D eigenvalue weighted by atomic mass is 9.80. The van der Waals surface area contributed by atoms with Gasteiger partial charge in [-0.2, -0.15) is 0 Å². The summed E-state index contributed by atoms with van der Waals surface area (Å²) in [6.45, 7) is 2.14. The van der Waals surface area contributed by atoms with Crippen molar-refractivity contribution in [2.24, 2.45) is 10.9 Å². The van der Waals surface area contributed by atoms with Crippen LogP contribution in [-0.2, 0) is 0 Å². The Morgan fingerprint density at radius 3 is 3.05 bits per heavy atom. The first-order chi connectivity index (χ1) is 9.20. The van der Waals surface area contributed by atoms with Gasteiger partial charge in [-0.05, 0) is 37.2 Å². The molecule has 0 bridgehead atoms. The topological polar surface area (TPSA) is 53.8 Å². The van der Waals surface area contributed by atoms with Crippen molar-refractivity contribution >= 4 is 5.84 Å². The summed E-state index contributed by atoms with van der Waals surface area (Å²) >= 11 is 0. The summed E-state index contributed by atoms with van der Waals surface area (Å²) in [6, 6.07) is 5.83. The van der Waals surface area contributed by atoms with Crippen LogP contribution in [0.1, 0.15) is 24.8 Å². The van der Waals surface area contributed by atoms with Crippen molar-refractivity contribution in [1.29, 1.82) is 0 Å². The van der Waals surface area contributed by atoms with Crippen LogP contribution < -0.4 is 10.1 Å². The van der Waals surface area contributed by atoms with E-state index in [1.54, 1.807) is 13.2 Å². The van der Waals surface area contributed by atoms with E-state index in [0.717, 1.165) is 12.3 Å². The van der Waals surface area contributed by atoms with Crippen LogP contribution in [-0.4, -0.2) is 24.1 Å². The van der Waals surface area contributed by atoms with Gasteiger partial charge in [-0.3, -0.25) is 4.99 Å². The van der Waals surface area contributed by atoms with Gasteiger partial charge in [0.2, 0.25) is 0 Å². The molecular weight excluding hydrogens is 240 g/mol. The predicted octanol–water partition coefficient (Wildman–Crippen LogP) is 2.41. The number of rotatable bonds is 2. The minimum absolute atomic E-state index is 0.180. The van der Waals surface area contributed by atoms with Crippen molar-refractivity contribution in [2.75, 3.05) is 7.11 Å². The van der Waals surface area contributed by atoms with Crippen molar-refractivity contribution in [3.8, 4) is 11.5 Å². The molecule has 2 N–H and O–H groups in total. The van der Waals surface area contributed by atoms with Gasteiger partial charge in [-0.1, -0.05) is 12.1 Å². The number of ether oxygens (including phenoxy) is 1. The number of hydrogen-bond donors (Lipinski definition) is 2. The number of nitrogens with one attached hydrogen (secondary N) is 1. The second-order valence-corrected chi connectivity index (χ2v) is 5.10. The predicted molar refractivity (Wildman–Crippen MR) is 74.7 cm³/mol. The van der Waals surface area contributed by atoms with Gasteiger partial charge in [0.05, 0.1) is 13.2 Å². The zero-order valence-electron chi connectivity index (χ0n) is 11.1. The largest absolute Gasteiger partial charge is 0.504 e. The van der Waals surface area contributed by atoms with E-state index in [1.807, 2.05) is 18.3 Å². The minimum atomic E-state index is 0.180. The zero-order valence-corrected chi connectivity index (χ0v) is 11.1. The number of aromatic hydroxyl groups is 1. The molecule has 0 aromatic heterocycles. The number of amidine groups is 1. The van der Waals surface area contributed by atoms with Crippen LogP contribution in [0.3, 0.4) is 0 Å². The summed E-state index contributed by atoms with van der Waals surface area (Å²) in [6.07, 6.45) is 5.11. The Hall–Kier alpha value is -1.97. The fourth-order valence-electron chi connectivity index (χ4n) is 3.08. The minimum Gasteiger partial charge on any atom is -0.504 e. The van der Waals surface area contributed by atoms with Crippen molar-refractivity contribution in [2.45, 2.75) is 25.3 Å². The first-order valence-electron chi connectivity index (χ1n) is 6.57. The van der Waals surface area contributed by atoms with E-state index in [2.05, 4.69) is 18.3 Å². The molecule has 19 heavy (non-hydrogen) atoms. The number of methoxy groups -OCH3 is 1. The van der Waals surface area contributed by atoms with Gasteiger partial charge in [-0.15, -0.1) is 0 Å². The molecule has 100 valence electrons. The monoisotopic (exact) mass is 258 g/mol. The Bertz CT molecular complexity index is 551. The van der Waals surface area contributed by atoms with Crippen molar-refractivity contribution < 1.29 is 9.84 Å². The highest BCUT2D eigenvalue weighted by Gasteiger charge is 2.38. The number of phenolic OH excluding ortho intramolecular Hbond substituents is 1. The van der Waals surface area contributed by atoms with E-state index < -0.39 is 0 Å². The zero-order chi connectivity index (χ0) is 13.4. The molecule has 2 heterocycles. The fourth-order valence-corrected chi connectivity index (χ4v) is 3.08. The smallest absolute Gasteiger partial charge is 0.160 e. The maximum atomic E-state index is 9.70. The summed E-state index contributed by atoms with van der Waals surface area (Å²) in [5.41, 5.74) is 1.17. The molecule has 3 atom stereocenters. The molecule has 2 aliphatic heterocycles. The van der Waals surface area contributed by atoms with E-state index in [0.29, 0.717) is 17.6 Å². The number of allylic oxidation sites excluding steroid dienone is 1. The maximum absolute atomic E-state index is 9.70. The van der Waals surface area contributed by atoms with Crippen molar-refractivity contribution in [1.82, 2.24) is 5.32 Å². The molecule has 0 aliphatic carbocycles. The third-order valence-corrected chi connectivity index (χ3v) is 3.97. The number of hydrogen-bond acceptors (Lipinski definition) is 4. The van der Waals surface area contributed by atoms with Crippen LogP contribution in [0.5, 0.6) is 11.5 Å². The third kappa shape index (κ3) is 1.97. The van der Waals surface area contributed by atoms with E-state index in [4.69, 9.17) is 9.73 Å². The van der Waals surface area contributed by atoms with Crippen LogP contribution in [0, 0.1) is 5.92 Å². The van der Waals surface area contributed by atoms with Crippen LogP contribution in [0.25, 0.3) is 0 Å². The molecule has 0 saturated heterocycles. The molecular formula is C15H18N2O2. The van der Waals surface area contributed by atoms with Gasteiger partial charge in [0.25, 0.3) is 0 Å². The molecule has 3 rings (SSSR count). The van der Waals surface area contributed by atoms with E-state index >= 15 is 0 Å². The average Bonchev–Trinajstić information content (AvgIpc) is 2.75. The van der Waals surface area contributed by atoms with Crippen LogP contribution >= 0.6 is 0 Å². The molecule has 0 fully saturated rings. The first kappa shape index (κ1) is 12.1. The first-order valence-corrected chi connectivity index (χ1v) is 6.57. The highest BCUT2D eigenvalue weighted by molar-refractivity contribution is 5.89. The van der Waals surface area contributed by atoms with E-state index in [9.17, 15) is 5.11 Å². The normalized spacial score (nSPS) is 28.5. The molecule has 0 spiro atoms. The fraction of sp³-hybridized carbons (Fsp3) is 0.400. The molecule has 0 amide bonds. The molecule has 4 heteroatoms. The van der Waals surface area contributed by atoms with E-state index in [-0.39, 0.29) is 11.8 Å². The summed E-state index contributed by atoms with van der Waals surface area (Å²) in [4.78, 5) is 4.70. The number of aliphatic imine (C=N–C) groups is 1. The maximum Gasteiger partial charge on any atom is 0.160 e. The van der Waals surface area contributed by atoms with E-state index in [1.165, 1.54) is 5.56 Å². The Labute approximate surface area is 112 Å². The molecule has 1 aromatic rings. The van der Waals surface area contributed by atoms with Gasteiger partial charge < -0.3 is 15.2 Å². The number of nitrogens with zero attached hydrogens (tertiary/aromatic N) is 1. The van der Waals surface area contributed by atoms with Crippen molar-refractivity contribution in [3.05, 3.63) is 36.0 Å². The second kappa shape index (κ2) is 4.61. The average molecular weight is 258 g/mol. The molecule has 0 saturated carbocycles. The lowest BCUT2D eigenvalue weighted by Gasteiger charge is -2.25. The molecule has 4 nitrogen and oxygen atoms in total. The summed E-state index contributed by atoms with van der Waals surface area (Å²) in [5, 5.41) is 12.9. The van der Waals surface area contributed by atoms with Gasteiger partial charge in [0.15, 0.2) is 11.5 Å². The number of fused-ring (bicyclic) bond motifs is 1. The Morgan fingerprint density at radius 1 is 1.42 bits per heavy atom. The van der Waals surface area contributed by atoms with Crippen molar-refractivity contribution in [3.63, 3.8) is 0 Å². The van der Waals surface area contributed by atoms with Gasteiger partial charge in [-0.25, -0.2) is 0 Å². The Morgan fingerprint density at radius 2 is 2.26 bits per heavy atom. The van der Waals surface area contributed by atoms with Crippen LogP contribution in [0.15, 0.2) is 35.5 Å². The standard InChI is InChI=1S/C15H18N2O2/c1-9-14(11-4-3-7-16-15(11)17-9)10-5-6-12(18)13(8-10)19-2/h3,5-9,11,14,18H,4H2,1-2H3,(H,16,17). The molecule has 0 radical (unpaired) electrons. The second-order valence-electron chi connectivity index (χ2n) is 5.10. The summed E-state index contributed by atoms with van der Waals surface area (Å²) in [7, 11) is 1.57. The summed E-state index contributed by atoms with van der Waals surface area (Å²) < 4.78 is 5.20. The number of phenols is 1. The lowest BCUT2D eigenvalue weighted by Crippen LogP contribution is -2.30. The van der Waals surface area contributed by atoms with Gasteiger partial charge in [0.1, 0.15) is 5.84 Å². The molecule has 2 aliphatic rings. The number of benzene rings is 1. The Kier molecular flexibility index (Phi) is 2.93. The third-order valence-electron chi connectivity index (χ3n) is 3.97. The van der Waals surface area contributed by atoms with Crippen LogP contribution in [0.2, 0.25) is 0 Å². The van der Waals surface area contributed by atoms with Gasteiger partial charge in [0, 0.05) is 11.8 Å². The molecule has 3 unspecified atom stereocenters. The highest BCUT2D eigenvalue weighted by atomic mass is 16.5. The van der Waals surface area contributed by atoms with Crippen LogP contribution in [0.4, 0.5) is 0 Å². The SMILES string of the molecule is COc1cc(C2C(C)N=C3NC=CCC32)ccc1O. The Balaban J connectivity index is 1.96.